The van der Waals surface area contributed by atoms with E-state index in [0.29, 0.717) is 33.5 Å². The first-order chi connectivity index (χ1) is 17.0. The van der Waals surface area contributed by atoms with E-state index in [1.54, 1.807) is 36.5 Å². The van der Waals surface area contributed by atoms with Crippen molar-refractivity contribution in [2.45, 2.75) is 6.54 Å². The summed E-state index contributed by atoms with van der Waals surface area (Å²) in [5, 5.41) is 17.7. The van der Waals surface area contributed by atoms with Gasteiger partial charge in [0.2, 0.25) is 0 Å². The monoisotopic (exact) mass is 476 g/mol. The molecule has 0 bridgehead atoms. The number of pyridine rings is 2. The van der Waals surface area contributed by atoms with Crippen LogP contribution < -0.4 is 5.48 Å². The number of halogens is 2. The number of aliphatic hydroxyl groups is 1. The van der Waals surface area contributed by atoms with Crippen LogP contribution >= 0.6 is 0 Å². The zero-order valence-electron chi connectivity index (χ0n) is 18.2. The summed E-state index contributed by atoms with van der Waals surface area (Å²) >= 11 is 0. The normalized spacial score (nSPS) is 11.3. The first kappa shape index (κ1) is 22.4. The quantitative estimate of drug-likeness (QED) is 0.274. The molecule has 3 heterocycles. The summed E-state index contributed by atoms with van der Waals surface area (Å²) in [6.45, 7) is -0.311. The lowest BCUT2D eigenvalue weighted by Crippen LogP contribution is -2.26. The first-order valence-electron chi connectivity index (χ1n) is 10.6. The number of amides is 1. The van der Waals surface area contributed by atoms with E-state index < -0.39 is 17.5 Å². The van der Waals surface area contributed by atoms with Crippen molar-refractivity contribution in [3.8, 4) is 11.3 Å². The van der Waals surface area contributed by atoms with Gasteiger partial charge >= 0.3 is 0 Å². The third-order valence-corrected chi connectivity index (χ3v) is 5.32. The van der Waals surface area contributed by atoms with Crippen LogP contribution in [0.2, 0.25) is 0 Å². The maximum absolute atomic E-state index is 14.7. The topological polar surface area (TPSA) is 115 Å². The van der Waals surface area contributed by atoms with Gasteiger partial charge in [0, 0.05) is 28.8 Å². The third-order valence-electron chi connectivity index (χ3n) is 5.32. The molecule has 0 saturated heterocycles. The van der Waals surface area contributed by atoms with Crippen LogP contribution in [-0.4, -0.2) is 49.2 Å². The molecule has 0 saturated carbocycles. The molecule has 0 atom stereocenters. The van der Waals surface area contributed by atoms with Gasteiger partial charge in [0.1, 0.15) is 17.2 Å². The van der Waals surface area contributed by atoms with Crippen molar-refractivity contribution in [1.82, 2.24) is 30.4 Å². The fraction of sp³-hybridized carbons (Fsp3) is 0.125. The molecule has 2 N–H and O–H groups in total. The minimum absolute atomic E-state index is 0.0882. The maximum Gasteiger partial charge on any atom is 0.277 e. The summed E-state index contributed by atoms with van der Waals surface area (Å²) in [7, 11) is 0. The van der Waals surface area contributed by atoms with Crippen LogP contribution in [-0.2, 0) is 11.4 Å². The zero-order chi connectivity index (χ0) is 24.4. The van der Waals surface area contributed by atoms with Crippen LogP contribution in [0.1, 0.15) is 15.9 Å². The Morgan fingerprint density at radius 2 is 1.94 bits per heavy atom. The Morgan fingerprint density at radius 1 is 1.06 bits per heavy atom. The van der Waals surface area contributed by atoms with Crippen molar-refractivity contribution in [1.29, 1.82) is 0 Å². The van der Waals surface area contributed by atoms with Gasteiger partial charge in [0.05, 0.1) is 36.5 Å². The van der Waals surface area contributed by atoms with Crippen LogP contribution in [0.4, 0.5) is 8.78 Å². The highest BCUT2D eigenvalue weighted by molar-refractivity contribution is 5.94. The molecular formula is C24H18F2N6O3. The predicted molar refractivity (Wildman–Crippen MR) is 122 cm³/mol. The van der Waals surface area contributed by atoms with E-state index >= 15 is 0 Å². The minimum atomic E-state index is -0.777. The average molecular weight is 476 g/mol. The van der Waals surface area contributed by atoms with Gasteiger partial charge in [-0.2, -0.15) is 0 Å². The van der Waals surface area contributed by atoms with Crippen molar-refractivity contribution in [2.75, 3.05) is 13.2 Å². The summed E-state index contributed by atoms with van der Waals surface area (Å²) < 4.78 is 30.8. The molecule has 35 heavy (non-hydrogen) atoms. The molecule has 176 valence electrons. The summed E-state index contributed by atoms with van der Waals surface area (Å²) in [5.74, 6) is -1.97. The van der Waals surface area contributed by atoms with E-state index in [1.807, 2.05) is 6.07 Å². The number of hydrogen-bond acceptors (Lipinski definition) is 7. The number of carbonyl (C=O) groups excluding carboxylic acids is 1. The van der Waals surface area contributed by atoms with E-state index in [1.165, 1.54) is 22.9 Å². The third kappa shape index (κ3) is 4.54. The number of hydroxylamine groups is 1. The van der Waals surface area contributed by atoms with Crippen molar-refractivity contribution >= 4 is 28.0 Å². The predicted octanol–water partition coefficient (Wildman–Crippen LogP) is 3.02. The van der Waals surface area contributed by atoms with E-state index in [4.69, 9.17) is 9.94 Å². The molecule has 0 fully saturated rings. The Balaban J connectivity index is 1.44. The van der Waals surface area contributed by atoms with Gasteiger partial charge in [-0.25, -0.2) is 23.9 Å². The fourth-order valence-electron chi connectivity index (χ4n) is 3.62. The number of fused-ring (bicyclic) bond motifs is 2. The molecule has 11 heteroatoms. The van der Waals surface area contributed by atoms with E-state index in [9.17, 15) is 13.6 Å². The number of hydrogen-bond donors (Lipinski definition) is 2. The number of nitrogens with one attached hydrogen (secondary N) is 1. The van der Waals surface area contributed by atoms with Crippen molar-refractivity contribution in [2.24, 2.45) is 0 Å². The first-order valence-corrected chi connectivity index (χ1v) is 10.6. The summed E-state index contributed by atoms with van der Waals surface area (Å²) in [5.41, 5.74) is 4.52. The van der Waals surface area contributed by atoms with Gasteiger partial charge < -0.3 is 5.11 Å². The molecule has 0 spiro atoms. The molecule has 3 aromatic heterocycles. The Kier molecular flexibility index (Phi) is 6.08. The second-order valence-electron chi connectivity index (χ2n) is 7.62. The minimum Gasteiger partial charge on any atom is -0.394 e. The molecule has 0 unspecified atom stereocenters. The summed E-state index contributed by atoms with van der Waals surface area (Å²) in [4.78, 5) is 25.5. The molecule has 2 aromatic carbocycles. The van der Waals surface area contributed by atoms with E-state index in [2.05, 4.69) is 25.8 Å². The Bertz CT molecular complexity index is 1560. The van der Waals surface area contributed by atoms with Crippen LogP contribution in [0, 0.1) is 11.6 Å². The Hall–Kier alpha value is -4.35. The molecular weight excluding hydrogens is 458 g/mol. The average Bonchev–Trinajstić information content (AvgIpc) is 3.26. The SMILES string of the molecule is O=C(NOCCO)c1ccc(-c2ccc3nnn(Cc4cc5cccnc5cc4F)c3n2)cc1F. The summed E-state index contributed by atoms with van der Waals surface area (Å²) in [6, 6.07) is 14.1. The lowest BCUT2D eigenvalue weighted by molar-refractivity contribution is 0.0165. The van der Waals surface area contributed by atoms with Crippen LogP contribution in [0.15, 0.2) is 60.8 Å². The van der Waals surface area contributed by atoms with Gasteiger partial charge in [-0.05, 0) is 36.4 Å². The van der Waals surface area contributed by atoms with E-state index in [-0.39, 0.29) is 25.3 Å². The molecule has 0 radical (unpaired) electrons. The molecule has 5 rings (SSSR count). The molecule has 0 aliphatic heterocycles. The smallest absolute Gasteiger partial charge is 0.277 e. The molecule has 0 aliphatic carbocycles. The Labute approximate surface area is 197 Å². The van der Waals surface area contributed by atoms with Crippen LogP contribution in [0.25, 0.3) is 33.3 Å². The largest absolute Gasteiger partial charge is 0.394 e. The van der Waals surface area contributed by atoms with Gasteiger partial charge in [-0.1, -0.05) is 17.3 Å². The molecule has 5 aromatic rings. The van der Waals surface area contributed by atoms with Crippen molar-refractivity contribution in [3.63, 3.8) is 0 Å². The Morgan fingerprint density at radius 3 is 2.77 bits per heavy atom. The second kappa shape index (κ2) is 9.49. The number of carbonyl (C=O) groups is 1. The lowest BCUT2D eigenvalue weighted by Gasteiger charge is -2.08. The second-order valence-corrected chi connectivity index (χ2v) is 7.62. The highest BCUT2D eigenvalue weighted by Crippen LogP contribution is 2.24. The molecule has 0 aliphatic rings. The zero-order valence-corrected chi connectivity index (χ0v) is 18.2. The number of nitrogens with zero attached hydrogens (tertiary/aromatic N) is 5. The number of rotatable bonds is 7. The number of benzene rings is 2. The lowest BCUT2D eigenvalue weighted by atomic mass is 10.1. The van der Waals surface area contributed by atoms with E-state index in [0.717, 1.165) is 5.39 Å². The van der Waals surface area contributed by atoms with Gasteiger partial charge in [-0.3, -0.25) is 14.6 Å². The van der Waals surface area contributed by atoms with Crippen molar-refractivity contribution < 1.29 is 23.5 Å². The number of aromatic nitrogens is 5. The van der Waals surface area contributed by atoms with Crippen LogP contribution in [0.3, 0.4) is 0 Å². The van der Waals surface area contributed by atoms with Crippen molar-refractivity contribution in [3.05, 3.63) is 83.6 Å². The molecule has 1 amide bonds. The van der Waals surface area contributed by atoms with Gasteiger partial charge in [0.25, 0.3) is 5.91 Å². The highest BCUT2D eigenvalue weighted by Gasteiger charge is 2.16. The molecule has 9 nitrogen and oxygen atoms in total. The highest BCUT2D eigenvalue weighted by atomic mass is 19.1. The summed E-state index contributed by atoms with van der Waals surface area (Å²) in [6.07, 6.45) is 1.60. The van der Waals surface area contributed by atoms with Crippen LogP contribution in [0.5, 0.6) is 0 Å². The fourth-order valence-corrected chi connectivity index (χ4v) is 3.62. The maximum atomic E-state index is 14.7. The standard InChI is InChI=1S/C24H18F2N6O3/c25-18-12-22-14(2-1-7-27-22)10-16(18)13-32-23-21(29-31-32)6-5-20(28-23)15-3-4-17(19(26)11-15)24(34)30-35-9-8-33/h1-7,10-12,33H,8-9,13H2,(H,30,34). The van der Waals surface area contributed by atoms with Gasteiger partial charge in [-0.15, -0.1) is 5.10 Å². The van der Waals surface area contributed by atoms with Gasteiger partial charge in [0.15, 0.2) is 5.65 Å². The number of aliphatic hydroxyl groups excluding tert-OH is 1.